The molecule has 0 unspecified atom stereocenters. The van der Waals surface area contributed by atoms with Gasteiger partial charge in [-0.3, -0.25) is 18.6 Å². The fourth-order valence-electron chi connectivity index (χ4n) is 5.12. The maximum Gasteiger partial charge on any atom is 0.296 e. The zero-order valence-corrected chi connectivity index (χ0v) is 31.4. The quantitative estimate of drug-likeness (QED) is 0.112. The summed E-state index contributed by atoms with van der Waals surface area (Å²) in [6.45, 7) is 7.77. The van der Waals surface area contributed by atoms with Gasteiger partial charge in [-0.05, 0) is 84.9 Å². The summed E-state index contributed by atoms with van der Waals surface area (Å²) < 4.78 is 100. The average Bonchev–Trinajstić information content (AvgIpc) is 3.01. The first kappa shape index (κ1) is 39.1. The second-order valence-corrected chi connectivity index (χ2v) is 16.3. The number of rotatable bonds is 12. The zero-order chi connectivity index (χ0) is 38.2. The molecule has 2 aromatic heterocycles. The largest absolute Gasteiger partial charge is 0.353 e. The van der Waals surface area contributed by atoms with E-state index in [-0.39, 0.29) is 56.2 Å². The number of benzene rings is 2. The van der Waals surface area contributed by atoms with Crippen molar-refractivity contribution < 1.29 is 38.9 Å². The van der Waals surface area contributed by atoms with Gasteiger partial charge in [0, 0.05) is 39.3 Å². The van der Waals surface area contributed by atoms with E-state index in [9.17, 15) is 38.9 Å². The van der Waals surface area contributed by atoms with E-state index < -0.39 is 40.1 Å². The predicted molar refractivity (Wildman–Crippen MR) is 190 cm³/mol. The Morgan fingerprint density at radius 2 is 1.10 bits per heavy atom. The minimum absolute atomic E-state index is 0.0225. The van der Waals surface area contributed by atoms with Crippen molar-refractivity contribution in [1.29, 1.82) is 0 Å². The molecule has 1 saturated heterocycles. The summed E-state index contributed by atoms with van der Waals surface area (Å²) in [4.78, 5) is 26.8. The van der Waals surface area contributed by atoms with E-state index in [4.69, 9.17) is 23.2 Å². The third-order valence-corrected chi connectivity index (χ3v) is 10.9. The van der Waals surface area contributed by atoms with E-state index in [2.05, 4.69) is 50.8 Å². The lowest BCUT2D eigenvalue weighted by molar-refractivity contribution is 0.266. The molecule has 280 valence electrons. The number of aromatic nitrogens is 6. The Kier molecular flexibility index (Phi) is 11.4. The third-order valence-electron chi connectivity index (χ3n) is 7.77. The minimum Gasteiger partial charge on any atom is -0.353 e. The molecule has 4 aromatic rings. The van der Waals surface area contributed by atoms with E-state index in [1.54, 1.807) is 19.9 Å². The predicted octanol–water partition coefficient (Wildman–Crippen LogP) is 2.75. The molecule has 0 bridgehead atoms. The highest BCUT2D eigenvalue weighted by Crippen LogP contribution is 2.31. The van der Waals surface area contributed by atoms with Crippen LogP contribution in [0.15, 0.2) is 39.0 Å². The molecule has 25 heteroatoms. The van der Waals surface area contributed by atoms with E-state index in [1.165, 1.54) is 13.0 Å². The maximum atomic E-state index is 12.1. The van der Waals surface area contributed by atoms with Crippen molar-refractivity contribution in [1.82, 2.24) is 34.8 Å². The second kappa shape index (κ2) is 15.1. The lowest BCUT2D eigenvalue weighted by atomic mass is 10.1. The topological polar surface area (TPSA) is 283 Å². The monoisotopic (exact) mass is 819 g/mol. The summed E-state index contributed by atoms with van der Waals surface area (Å²) in [7, 11) is -14.3. The molecule has 5 rings (SSSR count). The van der Waals surface area contributed by atoms with Gasteiger partial charge in [-0.2, -0.15) is 55.2 Å². The second-order valence-electron chi connectivity index (χ2n) is 11.5. The fourth-order valence-corrected chi connectivity index (χ4v) is 7.61. The summed E-state index contributed by atoms with van der Waals surface area (Å²) in [6.07, 6.45) is 0. The summed E-state index contributed by atoms with van der Waals surface area (Å²) in [5.74, 6) is 0.0506. The van der Waals surface area contributed by atoms with Gasteiger partial charge in [0.1, 0.15) is 9.79 Å². The first-order chi connectivity index (χ1) is 24.2. The number of anilines is 6. The molecule has 1 aliphatic heterocycles. The summed E-state index contributed by atoms with van der Waals surface area (Å²) >= 11 is 12.3. The number of nitrogens with zero attached hydrogens (tertiary/aromatic N) is 8. The van der Waals surface area contributed by atoms with Gasteiger partial charge in [-0.15, -0.1) is 0 Å². The molecular weight excluding hydrogens is 789 g/mol. The third kappa shape index (κ3) is 9.67. The normalized spacial score (nSPS) is 14.3. The molecule has 0 radical (unpaired) electrons. The molecule has 0 atom stereocenters. The van der Waals surface area contributed by atoms with Crippen LogP contribution in [0.25, 0.3) is 0 Å². The van der Waals surface area contributed by atoms with Crippen LogP contribution >= 0.6 is 23.2 Å². The first-order valence-corrected chi connectivity index (χ1v) is 20.0. The van der Waals surface area contributed by atoms with E-state index in [0.717, 1.165) is 11.6 Å². The van der Waals surface area contributed by atoms with Gasteiger partial charge in [-0.1, -0.05) is 0 Å². The van der Waals surface area contributed by atoms with Crippen molar-refractivity contribution in [3.8, 4) is 0 Å². The van der Waals surface area contributed by atoms with Gasteiger partial charge in [-0.25, -0.2) is 0 Å². The minimum atomic E-state index is -4.96. The molecule has 0 saturated carbocycles. The molecule has 1 fully saturated rings. The Morgan fingerprint density at radius 3 is 1.67 bits per heavy atom. The molecule has 2 aromatic carbocycles. The highest BCUT2D eigenvalue weighted by Gasteiger charge is 2.25. The molecule has 0 amide bonds. The lowest BCUT2D eigenvalue weighted by Gasteiger charge is -2.34. The van der Waals surface area contributed by atoms with Crippen LogP contribution in [0.1, 0.15) is 16.7 Å². The van der Waals surface area contributed by atoms with Crippen LogP contribution in [0.2, 0.25) is 10.6 Å². The zero-order valence-electron chi connectivity index (χ0n) is 27.4. The molecule has 0 spiro atoms. The van der Waals surface area contributed by atoms with Crippen molar-refractivity contribution in [2.24, 2.45) is 0 Å². The van der Waals surface area contributed by atoms with Crippen LogP contribution in [0, 0.1) is 20.8 Å². The molecule has 1 aliphatic rings. The van der Waals surface area contributed by atoms with E-state index >= 15 is 0 Å². The number of aryl methyl sites for hydroxylation is 3. The van der Waals surface area contributed by atoms with Gasteiger partial charge in [0.2, 0.25) is 34.4 Å². The first-order valence-electron chi connectivity index (χ1n) is 14.9. The van der Waals surface area contributed by atoms with Crippen LogP contribution in [0.4, 0.5) is 35.2 Å². The van der Waals surface area contributed by atoms with Crippen LogP contribution in [-0.2, 0) is 30.4 Å². The molecule has 52 heavy (non-hydrogen) atoms. The Hall–Kier alpha value is -4.07. The summed E-state index contributed by atoms with van der Waals surface area (Å²) in [6, 6.07) is 4.57. The fraction of sp³-hybridized carbons (Fsp3) is 0.333. The number of halogens is 2. The number of hydrogen-bond acceptors (Lipinski definition) is 17. The Morgan fingerprint density at radius 1 is 0.615 bits per heavy atom. The van der Waals surface area contributed by atoms with Crippen molar-refractivity contribution >= 4 is 88.7 Å². The van der Waals surface area contributed by atoms with Crippen molar-refractivity contribution in [3.05, 3.63) is 51.5 Å². The van der Waals surface area contributed by atoms with Gasteiger partial charge >= 0.3 is 0 Å². The smallest absolute Gasteiger partial charge is 0.296 e. The van der Waals surface area contributed by atoms with Gasteiger partial charge in [0.15, 0.2) is 0 Å². The Balaban J connectivity index is 1.21. The number of piperazine rings is 1. The highest BCUT2D eigenvalue weighted by molar-refractivity contribution is 7.87. The molecule has 6 N–H and O–H groups in total. The Bertz CT molecular complexity index is 2360. The summed E-state index contributed by atoms with van der Waals surface area (Å²) in [5, 5.41) is 8.10. The van der Waals surface area contributed by atoms with Crippen LogP contribution < -0.4 is 20.9 Å². The van der Waals surface area contributed by atoms with Crippen LogP contribution in [0.3, 0.4) is 0 Å². The van der Waals surface area contributed by atoms with Gasteiger partial charge in [0.25, 0.3) is 30.4 Å². The van der Waals surface area contributed by atoms with Gasteiger partial charge < -0.3 is 20.9 Å². The van der Waals surface area contributed by atoms with Crippen molar-refractivity contribution in [3.63, 3.8) is 0 Å². The maximum absolute atomic E-state index is 12.1. The Labute approximate surface area is 308 Å². The van der Waals surface area contributed by atoms with Gasteiger partial charge in [0.05, 0.1) is 16.3 Å². The van der Waals surface area contributed by atoms with Crippen molar-refractivity contribution in [2.45, 2.75) is 35.5 Å². The molecule has 0 aliphatic carbocycles. The van der Waals surface area contributed by atoms with Crippen LogP contribution in [-0.4, -0.2) is 113 Å². The summed E-state index contributed by atoms with van der Waals surface area (Å²) in [5.41, 5.74) is 1.19. The lowest BCUT2D eigenvalue weighted by Crippen LogP contribution is -2.48. The van der Waals surface area contributed by atoms with Crippen molar-refractivity contribution in [2.75, 3.05) is 60.1 Å². The highest BCUT2D eigenvalue weighted by atomic mass is 35.5. The molecular formula is C27H31Cl2N11O9S3. The average molecular weight is 821 g/mol. The number of nitrogens with one attached hydrogen (secondary N) is 3. The van der Waals surface area contributed by atoms with Crippen LogP contribution in [0.5, 0.6) is 0 Å². The molecule has 3 heterocycles. The van der Waals surface area contributed by atoms with E-state index in [0.29, 0.717) is 50.9 Å². The number of hydrogen-bond donors (Lipinski definition) is 6. The van der Waals surface area contributed by atoms with E-state index in [1.807, 2.05) is 4.90 Å². The SMILES string of the molecule is Cc1cc(Nc2nc(Cl)nc(NCCN3CCN(c4nc(Cl)nc(Nc5cc(C)c(S(=O)(=O)O)cc5S(=O)(=O)O)n4)CC3)n2)c(S(=O)(=O)O)cc1C. The molecule has 20 nitrogen and oxygen atoms in total. The standard InChI is InChI=1S/C27H31Cl2N11O9S3/c1-14-10-17(20(12-15(14)2)51(44,45)46)31-25-34-22(28)33-24(37-25)30-4-5-39-6-8-40(9-7-39)27-36-23(29)35-26(38-27)32-18-11-16(3)19(50(41,42)43)13-21(18)52(47,48)49/h10-13H,4-9H2,1-3H3,(H,41,42,43)(H,44,45,46)(H,47,48,49)(H,32,35,36,38)(H2,30,31,33,34,37).